The lowest BCUT2D eigenvalue weighted by molar-refractivity contribution is -0.0817. The molecule has 2 aliphatic rings. The molecule has 2 unspecified atom stereocenters. The van der Waals surface area contributed by atoms with Crippen LogP contribution in [-0.4, -0.2) is 92.6 Å². The minimum Gasteiger partial charge on any atom is -0.444 e. The van der Waals surface area contributed by atoms with E-state index in [4.69, 9.17) is 19.2 Å². The van der Waals surface area contributed by atoms with E-state index in [1.54, 1.807) is 11.9 Å². The molecule has 2 rings (SSSR count). The molecule has 2 fully saturated rings. The van der Waals surface area contributed by atoms with E-state index in [2.05, 4.69) is 17.1 Å². The molecule has 2 aliphatic heterocycles. The van der Waals surface area contributed by atoms with Gasteiger partial charge in [-0.15, -0.1) is 24.0 Å². The second-order valence-electron chi connectivity index (χ2n) is 8.04. The summed E-state index contributed by atoms with van der Waals surface area (Å²) in [5.41, 5.74) is -0.491. The zero-order valence-corrected chi connectivity index (χ0v) is 20.2. The van der Waals surface area contributed by atoms with Gasteiger partial charge in [0, 0.05) is 39.8 Å². The summed E-state index contributed by atoms with van der Waals surface area (Å²) >= 11 is 0. The minimum absolute atomic E-state index is 0. The zero-order chi connectivity index (χ0) is 19.9. The fourth-order valence-corrected chi connectivity index (χ4v) is 3.15. The smallest absolute Gasteiger partial charge is 0.410 e. The first kappa shape index (κ1) is 25.2. The van der Waals surface area contributed by atoms with Crippen molar-refractivity contribution in [3.63, 3.8) is 0 Å². The molecule has 0 aliphatic carbocycles. The van der Waals surface area contributed by atoms with Crippen LogP contribution in [0.2, 0.25) is 0 Å². The molecule has 0 aromatic heterocycles. The molecule has 0 spiro atoms. The highest BCUT2D eigenvalue weighted by Gasteiger charge is 2.32. The summed E-state index contributed by atoms with van der Waals surface area (Å²) in [6.07, 6.45) is 2.12. The molecular formula is C19H37IN4O4. The van der Waals surface area contributed by atoms with Gasteiger partial charge in [0.05, 0.1) is 19.3 Å². The molecule has 0 bridgehead atoms. The van der Waals surface area contributed by atoms with Crippen LogP contribution in [0, 0.1) is 0 Å². The number of likely N-dealkylation sites (N-methyl/N-ethyl adjacent to an activating group) is 1. The monoisotopic (exact) mass is 512 g/mol. The van der Waals surface area contributed by atoms with E-state index in [9.17, 15) is 4.79 Å². The van der Waals surface area contributed by atoms with Gasteiger partial charge in [-0.1, -0.05) is 0 Å². The van der Waals surface area contributed by atoms with Crippen LogP contribution in [0.4, 0.5) is 4.79 Å². The fraction of sp³-hybridized carbons (Fsp3) is 0.895. The normalized spacial score (nSPS) is 23.2. The van der Waals surface area contributed by atoms with Crippen LogP contribution in [0.5, 0.6) is 0 Å². The number of aliphatic imine (C=N–C) groups is 1. The van der Waals surface area contributed by atoms with Gasteiger partial charge in [-0.3, -0.25) is 4.99 Å². The highest BCUT2D eigenvalue weighted by Crippen LogP contribution is 2.21. The van der Waals surface area contributed by atoms with Gasteiger partial charge in [0.25, 0.3) is 0 Å². The third-order valence-corrected chi connectivity index (χ3v) is 4.51. The quantitative estimate of drug-likeness (QED) is 0.346. The molecule has 2 saturated heterocycles. The molecule has 2 heterocycles. The van der Waals surface area contributed by atoms with Crippen molar-refractivity contribution >= 4 is 36.0 Å². The Morgan fingerprint density at radius 3 is 2.61 bits per heavy atom. The number of carbonyl (C=O) groups excluding carboxylic acids is 1. The summed E-state index contributed by atoms with van der Waals surface area (Å²) in [4.78, 5) is 20.5. The van der Waals surface area contributed by atoms with E-state index >= 15 is 0 Å². The van der Waals surface area contributed by atoms with E-state index in [-0.39, 0.29) is 42.3 Å². The first-order chi connectivity index (χ1) is 12.8. The summed E-state index contributed by atoms with van der Waals surface area (Å²) in [6, 6.07) is 0. The molecule has 0 radical (unpaired) electrons. The van der Waals surface area contributed by atoms with Crippen molar-refractivity contribution in [1.82, 2.24) is 15.1 Å². The third-order valence-electron chi connectivity index (χ3n) is 4.51. The molecular weight excluding hydrogens is 475 g/mol. The van der Waals surface area contributed by atoms with E-state index in [1.807, 2.05) is 20.8 Å². The molecule has 0 aromatic rings. The Bertz CT molecular complexity index is 507. The highest BCUT2D eigenvalue weighted by atomic mass is 127. The van der Waals surface area contributed by atoms with Gasteiger partial charge in [-0.25, -0.2) is 4.79 Å². The number of rotatable bonds is 5. The lowest BCUT2D eigenvalue weighted by Crippen LogP contribution is -2.53. The van der Waals surface area contributed by atoms with Crippen LogP contribution in [0.1, 0.15) is 40.5 Å². The van der Waals surface area contributed by atoms with Gasteiger partial charge in [-0.2, -0.15) is 0 Å². The van der Waals surface area contributed by atoms with Gasteiger partial charge >= 0.3 is 6.09 Å². The molecule has 1 N–H and O–H groups in total. The van der Waals surface area contributed by atoms with Crippen LogP contribution in [0.25, 0.3) is 0 Å². The SMILES string of the molecule is CCNC(=NCCN(C)C(=O)OC(C)(C)C)N1CCOC(C2CCCO2)C1.I. The molecule has 0 saturated carbocycles. The Balaban J connectivity index is 0.00000392. The number of guanidine groups is 1. The number of hydrogen-bond acceptors (Lipinski definition) is 5. The largest absolute Gasteiger partial charge is 0.444 e. The first-order valence-electron chi connectivity index (χ1n) is 10.0. The van der Waals surface area contributed by atoms with Crippen LogP contribution < -0.4 is 5.32 Å². The Labute approximate surface area is 186 Å². The van der Waals surface area contributed by atoms with Crippen molar-refractivity contribution < 1.29 is 19.0 Å². The maximum Gasteiger partial charge on any atom is 0.410 e. The van der Waals surface area contributed by atoms with E-state index in [0.717, 1.165) is 45.0 Å². The summed E-state index contributed by atoms with van der Waals surface area (Å²) < 4.78 is 17.1. The van der Waals surface area contributed by atoms with Crippen molar-refractivity contribution in [2.75, 3.05) is 53.0 Å². The van der Waals surface area contributed by atoms with Crippen molar-refractivity contribution in [2.45, 2.75) is 58.3 Å². The van der Waals surface area contributed by atoms with Crippen molar-refractivity contribution in [1.29, 1.82) is 0 Å². The topological polar surface area (TPSA) is 75.6 Å². The van der Waals surface area contributed by atoms with E-state index in [0.29, 0.717) is 19.7 Å². The molecule has 9 heteroatoms. The van der Waals surface area contributed by atoms with Crippen LogP contribution in [0.3, 0.4) is 0 Å². The Kier molecular flexibility index (Phi) is 10.8. The molecule has 2 atom stereocenters. The van der Waals surface area contributed by atoms with Gasteiger partial charge < -0.3 is 29.3 Å². The summed E-state index contributed by atoms with van der Waals surface area (Å²) in [5.74, 6) is 0.862. The number of halogens is 1. The van der Waals surface area contributed by atoms with E-state index < -0.39 is 5.60 Å². The Hall–Kier alpha value is -0.810. The fourth-order valence-electron chi connectivity index (χ4n) is 3.15. The third kappa shape index (κ3) is 8.28. The maximum atomic E-state index is 12.1. The average Bonchev–Trinajstić information content (AvgIpc) is 3.14. The number of ether oxygens (including phenoxy) is 3. The predicted octanol–water partition coefficient (Wildman–Crippen LogP) is 2.32. The number of nitrogens with zero attached hydrogens (tertiary/aromatic N) is 3. The summed E-state index contributed by atoms with van der Waals surface area (Å²) in [7, 11) is 1.73. The van der Waals surface area contributed by atoms with Crippen LogP contribution in [-0.2, 0) is 14.2 Å². The Morgan fingerprint density at radius 2 is 2.00 bits per heavy atom. The van der Waals surface area contributed by atoms with Crippen LogP contribution in [0.15, 0.2) is 4.99 Å². The number of morpholine rings is 1. The maximum absolute atomic E-state index is 12.1. The second-order valence-corrected chi connectivity index (χ2v) is 8.04. The second kappa shape index (κ2) is 12.0. The molecule has 8 nitrogen and oxygen atoms in total. The number of amides is 1. The number of nitrogens with one attached hydrogen (secondary N) is 1. The summed E-state index contributed by atoms with van der Waals surface area (Å²) in [6.45, 7) is 12.5. The number of hydrogen-bond donors (Lipinski definition) is 1. The minimum atomic E-state index is -0.491. The number of carbonyl (C=O) groups is 1. The predicted molar refractivity (Wildman–Crippen MR) is 121 cm³/mol. The van der Waals surface area contributed by atoms with Gasteiger partial charge in [0.1, 0.15) is 11.7 Å². The molecule has 0 aromatic carbocycles. The van der Waals surface area contributed by atoms with Crippen molar-refractivity contribution in [3.05, 3.63) is 0 Å². The molecule has 28 heavy (non-hydrogen) atoms. The van der Waals surface area contributed by atoms with Crippen LogP contribution >= 0.6 is 24.0 Å². The van der Waals surface area contributed by atoms with Crippen molar-refractivity contribution in [3.8, 4) is 0 Å². The molecule has 164 valence electrons. The van der Waals surface area contributed by atoms with Gasteiger partial charge in [0.15, 0.2) is 5.96 Å². The Morgan fingerprint density at radius 1 is 1.29 bits per heavy atom. The van der Waals surface area contributed by atoms with Gasteiger partial charge in [0.2, 0.25) is 0 Å². The van der Waals surface area contributed by atoms with Crippen molar-refractivity contribution in [2.24, 2.45) is 4.99 Å². The highest BCUT2D eigenvalue weighted by molar-refractivity contribution is 14.0. The standard InChI is InChI=1S/C19H36N4O4.HI/c1-6-20-17(21-9-10-22(5)18(24)27-19(2,3)4)23-11-13-26-16(14-23)15-8-7-12-25-15;/h15-16H,6-14H2,1-5H3,(H,20,21);1H. The zero-order valence-electron chi connectivity index (χ0n) is 17.9. The van der Waals surface area contributed by atoms with Gasteiger partial charge in [-0.05, 0) is 40.5 Å². The first-order valence-corrected chi connectivity index (χ1v) is 10.0. The molecule has 1 amide bonds. The average molecular weight is 512 g/mol. The lowest BCUT2D eigenvalue weighted by Gasteiger charge is -2.37. The summed E-state index contributed by atoms with van der Waals surface area (Å²) in [5, 5.41) is 3.35. The van der Waals surface area contributed by atoms with E-state index in [1.165, 1.54) is 0 Å². The lowest BCUT2D eigenvalue weighted by atomic mass is 10.1.